The number of amides is 1. The van der Waals surface area contributed by atoms with Gasteiger partial charge in [-0.1, -0.05) is 126 Å². The van der Waals surface area contributed by atoms with Crippen LogP contribution in [0.2, 0.25) is 0 Å². The fourth-order valence-corrected chi connectivity index (χ4v) is 4.89. The second kappa shape index (κ2) is 31.2. The number of nitrogens with one attached hydrogen (secondary N) is 6. The lowest BCUT2D eigenvalue weighted by Crippen LogP contribution is -2.54. The smallest absolute Gasteiger partial charge is 0.240 e. The maximum absolute atomic E-state index is 13.0. The molecule has 0 aliphatic rings. The van der Waals surface area contributed by atoms with Gasteiger partial charge in [0.2, 0.25) is 5.91 Å². The number of carbonyl (C=O) groups excluding carboxylic acids is 1. The number of rotatable bonds is 25. The Kier molecular flexibility index (Phi) is 35.2. The van der Waals surface area contributed by atoms with Crippen LogP contribution in [0.3, 0.4) is 0 Å². The molecule has 0 spiro atoms. The molecule has 0 heterocycles. The van der Waals surface area contributed by atoms with Gasteiger partial charge in [0.15, 0.2) is 0 Å². The van der Waals surface area contributed by atoms with Gasteiger partial charge in [-0.3, -0.25) is 9.69 Å². The van der Waals surface area contributed by atoms with Gasteiger partial charge in [0.1, 0.15) is 0 Å². The monoisotopic (exact) mass is 675 g/mol. The van der Waals surface area contributed by atoms with E-state index < -0.39 is 0 Å². The molecule has 2 unspecified atom stereocenters. The van der Waals surface area contributed by atoms with E-state index in [-0.39, 0.29) is 32.7 Å². The van der Waals surface area contributed by atoms with Gasteiger partial charge >= 0.3 is 0 Å². The summed E-state index contributed by atoms with van der Waals surface area (Å²) in [6.45, 7) is 43.5. The molecular formula is C38H90N8O. The predicted molar refractivity (Wildman–Crippen MR) is 213 cm³/mol. The Balaban J connectivity index is -0.000000378. The lowest BCUT2D eigenvalue weighted by Gasteiger charge is -2.32. The number of carbonyl (C=O) groups is 1. The van der Waals surface area contributed by atoms with E-state index >= 15 is 0 Å². The predicted octanol–water partition coefficient (Wildman–Crippen LogP) is 5.41. The van der Waals surface area contributed by atoms with Crippen LogP contribution in [0, 0.1) is 11.8 Å². The summed E-state index contributed by atoms with van der Waals surface area (Å²) in [5.41, 5.74) is 0. The lowest BCUT2D eigenvalue weighted by atomic mass is 10.0. The highest BCUT2D eigenvalue weighted by molar-refractivity contribution is 5.82. The Hall–Kier alpha value is -0.810. The van der Waals surface area contributed by atoms with E-state index in [1.807, 2.05) is 4.90 Å². The molecule has 288 valence electrons. The summed E-state index contributed by atoms with van der Waals surface area (Å²) < 4.78 is 0. The molecule has 47 heavy (non-hydrogen) atoms. The maximum Gasteiger partial charge on any atom is 0.240 e. The topological polar surface area (TPSA) is 95.7 Å². The van der Waals surface area contributed by atoms with Crippen molar-refractivity contribution in [3.63, 3.8) is 0 Å². The van der Waals surface area contributed by atoms with E-state index in [1.165, 1.54) is 0 Å². The third kappa shape index (κ3) is 32.2. The van der Waals surface area contributed by atoms with Crippen LogP contribution in [-0.2, 0) is 4.79 Å². The molecule has 9 heteroatoms. The first kappa shape index (κ1) is 53.0. The molecule has 0 radical (unpaired) electrons. The van der Waals surface area contributed by atoms with Crippen LogP contribution < -0.4 is 31.9 Å². The van der Waals surface area contributed by atoms with E-state index in [0.29, 0.717) is 48.2 Å². The quantitative estimate of drug-likeness (QED) is 0.0766. The third-order valence-corrected chi connectivity index (χ3v) is 7.39. The van der Waals surface area contributed by atoms with Crippen molar-refractivity contribution >= 4 is 5.91 Å². The Morgan fingerprint density at radius 3 is 1.09 bits per heavy atom. The first-order valence-corrected chi connectivity index (χ1v) is 18.3. The number of nitrogens with zero attached hydrogens (tertiary/aromatic N) is 2. The van der Waals surface area contributed by atoms with E-state index in [0.717, 1.165) is 58.9 Å². The molecule has 2 atom stereocenters. The van der Waals surface area contributed by atoms with Gasteiger partial charge in [0, 0.05) is 101 Å². The van der Waals surface area contributed by atoms with Gasteiger partial charge in [-0.05, 0) is 11.8 Å². The molecular weight excluding hydrogens is 584 g/mol. The summed E-state index contributed by atoms with van der Waals surface area (Å²) in [6, 6.07) is 3.28. The summed E-state index contributed by atoms with van der Waals surface area (Å²) in [5.74, 6) is 1.15. The number of hydrogen-bond acceptors (Lipinski definition) is 8. The van der Waals surface area contributed by atoms with Gasteiger partial charge in [0.25, 0.3) is 0 Å². The minimum Gasteiger partial charge on any atom is -0.339 e. The molecule has 0 rings (SSSR count). The van der Waals surface area contributed by atoms with Crippen LogP contribution >= 0.6 is 0 Å². The van der Waals surface area contributed by atoms with Crippen molar-refractivity contribution in [2.24, 2.45) is 11.8 Å². The van der Waals surface area contributed by atoms with E-state index in [1.54, 1.807) is 0 Å². The van der Waals surface area contributed by atoms with Crippen molar-refractivity contribution in [1.29, 1.82) is 0 Å². The lowest BCUT2D eigenvalue weighted by molar-refractivity contribution is -0.134. The zero-order chi connectivity index (χ0) is 35.1. The summed E-state index contributed by atoms with van der Waals surface area (Å²) in [6.07, 6.45) is 0. The Bertz CT molecular complexity index is 655. The highest BCUT2D eigenvalue weighted by Crippen LogP contribution is 2.08. The van der Waals surface area contributed by atoms with Crippen LogP contribution in [0.4, 0.5) is 0 Å². The van der Waals surface area contributed by atoms with Crippen molar-refractivity contribution in [3.05, 3.63) is 0 Å². The minimum absolute atomic E-state index is 0. The summed E-state index contributed by atoms with van der Waals surface area (Å²) in [4.78, 5) is 17.6. The molecule has 0 aliphatic carbocycles. The van der Waals surface area contributed by atoms with Crippen LogP contribution in [-0.4, -0.2) is 123 Å². The fourth-order valence-electron chi connectivity index (χ4n) is 4.89. The highest BCUT2D eigenvalue weighted by atomic mass is 16.2. The molecule has 0 aromatic carbocycles. The maximum atomic E-state index is 13.0. The fraction of sp³-hybridized carbons (Fsp3) is 0.974. The largest absolute Gasteiger partial charge is 0.339 e. The summed E-state index contributed by atoms with van der Waals surface area (Å²) in [7, 11) is 0. The number of hydrogen-bond donors (Lipinski definition) is 6. The van der Waals surface area contributed by atoms with Crippen molar-refractivity contribution in [2.45, 2.75) is 174 Å². The standard InChI is InChI=1S/C18H40N4O.C18H42N4.2CH4/c1-13(2)17(21-16(7)8)18(23)22(11-9-19-14(3)4)12-10-20-15(5)6;1-14(2)18(21-17(7)8)13-22(11-9-19-15(3)4)12-10-20-16(5)6;;/h13-17,19-21H,9-12H2,1-8H3;14-21H,9-13H2,1-8H3;2*1H4. The van der Waals surface area contributed by atoms with Gasteiger partial charge in [-0.2, -0.15) is 0 Å². The van der Waals surface area contributed by atoms with Gasteiger partial charge in [-0.25, -0.2) is 0 Å². The van der Waals surface area contributed by atoms with Crippen molar-refractivity contribution in [2.75, 3.05) is 58.9 Å². The van der Waals surface area contributed by atoms with Gasteiger partial charge in [-0.15, -0.1) is 0 Å². The van der Waals surface area contributed by atoms with Crippen LogP contribution in [0.15, 0.2) is 0 Å². The highest BCUT2D eigenvalue weighted by Gasteiger charge is 2.27. The molecule has 0 aromatic rings. The first-order valence-electron chi connectivity index (χ1n) is 18.3. The van der Waals surface area contributed by atoms with Crippen molar-refractivity contribution < 1.29 is 4.79 Å². The molecule has 0 saturated carbocycles. The van der Waals surface area contributed by atoms with E-state index in [9.17, 15) is 4.79 Å². The SMILES string of the molecule is C.C.CC(C)NCCN(CCNC(C)C)C(=O)C(NC(C)C)C(C)C.CC(C)NCCN(CCNC(C)C)CC(NC(C)C)C(C)C. The third-order valence-electron chi connectivity index (χ3n) is 7.39. The molecule has 0 saturated heterocycles. The molecule has 9 nitrogen and oxygen atoms in total. The molecule has 0 bridgehead atoms. The van der Waals surface area contributed by atoms with E-state index in [2.05, 4.69) is 148 Å². The average Bonchev–Trinajstić information content (AvgIpc) is 2.89. The summed E-state index contributed by atoms with van der Waals surface area (Å²) in [5, 5.41) is 21.0. The Morgan fingerprint density at radius 2 is 0.809 bits per heavy atom. The minimum atomic E-state index is -0.118. The van der Waals surface area contributed by atoms with Gasteiger partial charge < -0.3 is 36.8 Å². The Morgan fingerprint density at radius 1 is 0.468 bits per heavy atom. The normalized spacial score (nSPS) is 13.1. The Labute approximate surface area is 296 Å². The molecule has 0 fully saturated rings. The van der Waals surface area contributed by atoms with Crippen LogP contribution in [0.1, 0.15) is 126 Å². The second-order valence-electron chi connectivity index (χ2n) is 15.3. The average molecular weight is 675 g/mol. The van der Waals surface area contributed by atoms with Crippen molar-refractivity contribution in [3.8, 4) is 0 Å². The molecule has 0 aliphatic heterocycles. The molecule has 0 aromatic heterocycles. The zero-order valence-corrected chi connectivity index (χ0v) is 32.9. The van der Waals surface area contributed by atoms with Crippen molar-refractivity contribution in [1.82, 2.24) is 41.7 Å². The van der Waals surface area contributed by atoms with Gasteiger partial charge in [0.05, 0.1) is 6.04 Å². The van der Waals surface area contributed by atoms with Crippen LogP contribution in [0.5, 0.6) is 0 Å². The summed E-state index contributed by atoms with van der Waals surface area (Å²) >= 11 is 0. The van der Waals surface area contributed by atoms with E-state index in [4.69, 9.17) is 0 Å². The van der Waals surface area contributed by atoms with Crippen LogP contribution in [0.25, 0.3) is 0 Å². The molecule has 1 amide bonds. The zero-order valence-electron chi connectivity index (χ0n) is 32.9. The second-order valence-corrected chi connectivity index (χ2v) is 15.3. The first-order chi connectivity index (χ1) is 20.9. The molecule has 6 N–H and O–H groups in total.